The highest BCUT2D eigenvalue weighted by Gasteiger charge is 2.17. The number of carbonyl (C=O) groups excluding carboxylic acids is 1. The Morgan fingerprint density at radius 3 is 2.85 bits per heavy atom. The standard InChI is InChI=1S/C20H25N3O3/c1-20(2,3)26-19(24)22-16-7-10-18-15(11-16)12-21-23(18)13-14-5-8-17(25-4)9-6-14/h5,7-12,14H,6,13H2,1-4H3,(H,22,24). The Kier molecular flexibility index (Phi) is 5.02. The molecular formula is C20H25N3O3. The molecule has 0 aliphatic heterocycles. The van der Waals surface area contributed by atoms with Crippen LogP contribution in [0.4, 0.5) is 10.5 Å². The number of methoxy groups -OCH3 is 1. The molecule has 2 aromatic rings. The summed E-state index contributed by atoms with van der Waals surface area (Å²) in [5, 5.41) is 8.23. The van der Waals surface area contributed by atoms with E-state index in [2.05, 4.69) is 22.6 Å². The Hall–Kier alpha value is -2.76. The van der Waals surface area contributed by atoms with Crippen molar-refractivity contribution in [3.8, 4) is 0 Å². The summed E-state index contributed by atoms with van der Waals surface area (Å²) in [5.41, 5.74) is 1.20. The van der Waals surface area contributed by atoms with E-state index in [9.17, 15) is 4.79 Å². The molecule has 1 aromatic heterocycles. The number of amides is 1. The van der Waals surface area contributed by atoms with Crippen LogP contribution >= 0.6 is 0 Å². The fourth-order valence-corrected chi connectivity index (χ4v) is 2.89. The topological polar surface area (TPSA) is 65.4 Å². The number of rotatable bonds is 4. The minimum Gasteiger partial charge on any atom is -0.497 e. The predicted molar refractivity (Wildman–Crippen MR) is 102 cm³/mol. The maximum absolute atomic E-state index is 11.9. The molecule has 0 saturated heterocycles. The second-order valence-electron chi connectivity index (χ2n) is 7.39. The van der Waals surface area contributed by atoms with Gasteiger partial charge in [-0.05, 0) is 57.5 Å². The monoisotopic (exact) mass is 355 g/mol. The molecule has 0 bridgehead atoms. The zero-order valence-electron chi connectivity index (χ0n) is 15.7. The maximum atomic E-state index is 11.9. The van der Waals surface area contributed by atoms with E-state index in [1.165, 1.54) is 0 Å². The number of nitrogens with one attached hydrogen (secondary N) is 1. The van der Waals surface area contributed by atoms with Crippen LogP contribution in [-0.4, -0.2) is 28.6 Å². The molecule has 1 unspecified atom stereocenters. The van der Waals surface area contributed by atoms with Crippen LogP contribution in [0.25, 0.3) is 10.9 Å². The van der Waals surface area contributed by atoms with Gasteiger partial charge < -0.3 is 9.47 Å². The molecule has 6 nitrogen and oxygen atoms in total. The van der Waals surface area contributed by atoms with Gasteiger partial charge in [-0.3, -0.25) is 10.00 Å². The summed E-state index contributed by atoms with van der Waals surface area (Å²) in [6, 6.07) is 5.74. The van der Waals surface area contributed by atoms with Crippen molar-refractivity contribution in [1.82, 2.24) is 9.78 Å². The Bertz CT molecular complexity index is 859. The number of aromatic nitrogens is 2. The van der Waals surface area contributed by atoms with Crippen LogP contribution in [0.5, 0.6) is 0 Å². The van der Waals surface area contributed by atoms with Crippen molar-refractivity contribution in [2.24, 2.45) is 5.92 Å². The molecule has 1 heterocycles. The van der Waals surface area contributed by atoms with Crippen molar-refractivity contribution in [3.63, 3.8) is 0 Å². The normalized spacial score (nSPS) is 17.1. The van der Waals surface area contributed by atoms with Gasteiger partial charge in [0.15, 0.2) is 0 Å². The maximum Gasteiger partial charge on any atom is 0.412 e. The highest BCUT2D eigenvalue weighted by molar-refractivity contribution is 5.90. The minimum absolute atomic E-state index is 0.386. The van der Waals surface area contributed by atoms with Crippen molar-refractivity contribution >= 4 is 22.7 Å². The fourth-order valence-electron chi connectivity index (χ4n) is 2.89. The van der Waals surface area contributed by atoms with Gasteiger partial charge in [-0.15, -0.1) is 0 Å². The first-order valence-electron chi connectivity index (χ1n) is 8.72. The molecule has 1 atom stereocenters. The summed E-state index contributed by atoms with van der Waals surface area (Å²) in [6.07, 6.45) is 8.54. The van der Waals surface area contributed by atoms with Gasteiger partial charge in [-0.2, -0.15) is 5.10 Å². The summed E-state index contributed by atoms with van der Waals surface area (Å²) >= 11 is 0. The number of anilines is 1. The lowest BCUT2D eigenvalue weighted by molar-refractivity contribution is 0.0636. The van der Waals surface area contributed by atoms with E-state index in [4.69, 9.17) is 9.47 Å². The number of ether oxygens (including phenoxy) is 2. The second-order valence-corrected chi connectivity index (χ2v) is 7.39. The molecule has 0 fully saturated rings. The van der Waals surface area contributed by atoms with E-state index in [-0.39, 0.29) is 0 Å². The largest absolute Gasteiger partial charge is 0.497 e. The number of fused-ring (bicyclic) bond motifs is 1. The Balaban J connectivity index is 1.69. The van der Waals surface area contributed by atoms with E-state index in [1.807, 2.05) is 55.9 Å². The lowest BCUT2D eigenvalue weighted by Gasteiger charge is -2.19. The molecular weight excluding hydrogens is 330 g/mol. The molecule has 3 rings (SSSR count). The van der Waals surface area contributed by atoms with Crippen molar-refractivity contribution in [2.45, 2.75) is 39.3 Å². The van der Waals surface area contributed by atoms with Gasteiger partial charge >= 0.3 is 6.09 Å². The predicted octanol–water partition coefficient (Wildman–Crippen LogP) is 4.49. The summed E-state index contributed by atoms with van der Waals surface area (Å²) in [7, 11) is 1.68. The molecule has 0 saturated carbocycles. The van der Waals surface area contributed by atoms with Crippen LogP contribution in [0.1, 0.15) is 27.2 Å². The molecule has 0 spiro atoms. The highest BCUT2D eigenvalue weighted by Crippen LogP contribution is 2.23. The Labute approximate surface area is 153 Å². The SMILES string of the molecule is COC1=CCC(Cn2ncc3cc(NC(=O)OC(C)(C)C)ccc32)C=C1. The van der Waals surface area contributed by atoms with E-state index < -0.39 is 11.7 Å². The first kappa shape index (κ1) is 18.0. The number of carbonyl (C=O) groups is 1. The molecule has 1 aromatic carbocycles. The summed E-state index contributed by atoms with van der Waals surface area (Å²) in [6.45, 7) is 6.31. The zero-order chi connectivity index (χ0) is 18.7. The van der Waals surface area contributed by atoms with Crippen LogP contribution in [0.2, 0.25) is 0 Å². The molecule has 0 radical (unpaired) electrons. The third-order valence-electron chi connectivity index (χ3n) is 4.08. The van der Waals surface area contributed by atoms with Crippen molar-refractivity contribution in [3.05, 3.63) is 48.4 Å². The number of allylic oxidation sites excluding steroid dienone is 3. The first-order valence-corrected chi connectivity index (χ1v) is 8.72. The van der Waals surface area contributed by atoms with Crippen LogP contribution < -0.4 is 5.32 Å². The van der Waals surface area contributed by atoms with Crippen LogP contribution in [0, 0.1) is 5.92 Å². The summed E-state index contributed by atoms with van der Waals surface area (Å²) in [4.78, 5) is 11.9. The van der Waals surface area contributed by atoms with E-state index in [0.717, 1.165) is 29.6 Å². The Morgan fingerprint density at radius 1 is 1.38 bits per heavy atom. The van der Waals surface area contributed by atoms with Gasteiger partial charge in [0.25, 0.3) is 0 Å². The minimum atomic E-state index is -0.524. The molecule has 1 amide bonds. The third-order valence-corrected chi connectivity index (χ3v) is 4.08. The first-order chi connectivity index (χ1) is 12.3. The molecule has 6 heteroatoms. The third kappa shape index (κ3) is 4.45. The summed E-state index contributed by atoms with van der Waals surface area (Å²) in [5.74, 6) is 1.29. The smallest absolute Gasteiger partial charge is 0.412 e. The van der Waals surface area contributed by atoms with Gasteiger partial charge in [-0.25, -0.2) is 4.79 Å². The van der Waals surface area contributed by atoms with Gasteiger partial charge in [0.05, 0.1) is 18.8 Å². The second kappa shape index (κ2) is 7.23. The van der Waals surface area contributed by atoms with Gasteiger partial charge in [0, 0.05) is 23.5 Å². The quantitative estimate of drug-likeness (QED) is 0.877. The average Bonchev–Trinajstić information content (AvgIpc) is 2.96. The lowest BCUT2D eigenvalue weighted by Crippen LogP contribution is -2.27. The highest BCUT2D eigenvalue weighted by atomic mass is 16.6. The van der Waals surface area contributed by atoms with Crippen LogP contribution in [0.15, 0.2) is 48.4 Å². The number of hydrogen-bond acceptors (Lipinski definition) is 4. The molecule has 138 valence electrons. The number of nitrogens with zero attached hydrogens (tertiary/aromatic N) is 2. The van der Waals surface area contributed by atoms with E-state index in [0.29, 0.717) is 11.6 Å². The number of hydrogen-bond donors (Lipinski definition) is 1. The molecule has 1 aliphatic carbocycles. The zero-order valence-corrected chi connectivity index (χ0v) is 15.7. The van der Waals surface area contributed by atoms with Crippen molar-refractivity contribution < 1.29 is 14.3 Å². The molecule has 1 N–H and O–H groups in total. The van der Waals surface area contributed by atoms with Crippen molar-refractivity contribution in [1.29, 1.82) is 0 Å². The van der Waals surface area contributed by atoms with E-state index >= 15 is 0 Å². The lowest BCUT2D eigenvalue weighted by atomic mass is 10.00. The summed E-state index contributed by atoms with van der Waals surface area (Å²) < 4.78 is 12.5. The fraction of sp³-hybridized carbons (Fsp3) is 0.400. The van der Waals surface area contributed by atoms with Crippen LogP contribution in [-0.2, 0) is 16.0 Å². The average molecular weight is 355 g/mol. The van der Waals surface area contributed by atoms with Gasteiger partial charge in [0.2, 0.25) is 0 Å². The Morgan fingerprint density at radius 2 is 2.19 bits per heavy atom. The molecule has 26 heavy (non-hydrogen) atoms. The van der Waals surface area contributed by atoms with Gasteiger partial charge in [-0.1, -0.05) is 6.08 Å². The van der Waals surface area contributed by atoms with E-state index in [1.54, 1.807) is 7.11 Å². The van der Waals surface area contributed by atoms with Crippen molar-refractivity contribution in [2.75, 3.05) is 12.4 Å². The van der Waals surface area contributed by atoms with Crippen LogP contribution in [0.3, 0.4) is 0 Å². The van der Waals surface area contributed by atoms with Gasteiger partial charge in [0.1, 0.15) is 11.4 Å². The molecule has 1 aliphatic rings. The number of benzene rings is 1.